The Bertz CT molecular complexity index is 1450. The number of unbranched alkanes of at least 4 members (excludes halogenated alkanes) is 8. The third kappa shape index (κ3) is 13.4. The number of ether oxygens (including phenoxy) is 1. The van der Waals surface area contributed by atoms with E-state index in [2.05, 4.69) is 56.6 Å². The van der Waals surface area contributed by atoms with E-state index in [9.17, 15) is 29.0 Å². The summed E-state index contributed by atoms with van der Waals surface area (Å²) in [7, 11) is -9.27. The molecule has 1 amide bonds. The van der Waals surface area contributed by atoms with Crippen molar-refractivity contribution >= 4 is 49.6 Å². The first-order chi connectivity index (χ1) is 22.3. The number of aliphatic hydroxyl groups excluding tert-OH is 2. The zero-order chi connectivity index (χ0) is 34.5. The summed E-state index contributed by atoms with van der Waals surface area (Å²) in [5.74, 6) is -1.51. The van der Waals surface area contributed by atoms with E-state index < -0.39 is 52.1 Å². The highest BCUT2D eigenvalue weighted by Gasteiger charge is 2.45. The van der Waals surface area contributed by atoms with Gasteiger partial charge >= 0.3 is 7.60 Å². The highest BCUT2D eigenvalue weighted by atomic mass is 35.5. The summed E-state index contributed by atoms with van der Waals surface area (Å²) in [6, 6.07) is 0. The number of hydrogen-bond donors (Lipinski definition) is 7. The van der Waals surface area contributed by atoms with Crippen LogP contribution in [0.3, 0.4) is 0 Å². The van der Waals surface area contributed by atoms with Crippen LogP contribution in [-0.2, 0) is 18.7 Å². The average Bonchev–Trinajstić information content (AvgIpc) is 3.52. The van der Waals surface area contributed by atoms with Crippen LogP contribution in [0.5, 0.6) is 0 Å². The van der Waals surface area contributed by atoms with Crippen LogP contribution < -0.4 is 10.4 Å². The standard InChI is InChI=1S/C29H47ClN6O9P2/c1-2-3-4-5-6-7-8-9-10-11-12-13-14-15-16-17-22(37)33-26-23-27(35-29(30)34-26)36(19-31-23)28-25(39)24(38)21(45-28)18-32-46(40,41)20-47(42,43)44/h6-7,9-10,19,21,24-25,28,38-39H,2-5,8,11-18,20H2,1H3,(H2,32,40,41)(H2,42,43,44)(H,33,34,35,37)/b7-6-,10-9-. The first-order valence-corrected chi connectivity index (χ1v) is 20.0. The third-order valence-electron chi connectivity index (χ3n) is 7.53. The van der Waals surface area contributed by atoms with Crippen molar-refractivity contribution in [3.05, 3.63) is 35.9 Å². The minimum Gasteiger partial charge on any atom is -0.387 e. The molecule has 2 aromatic heterocycles. The monoisotopic (exact) mass is 720 g/mol. The van der Waals surface area contributed by atoms with Gasteiger partial charge in [0.15, 0.2) is 23.2 Å². The highest BCUT2D eigenvalue weighted by molar-refractivity contribution is 7.71. The maximum atomic E-state index is 12.7. The van der Waals surface area contributed by atoms with Gasteiger partial charge in [-0.2, -0.15) is 9.97 Å². The van der Waals surface area contributed by atoms with E-state index >= 15 is 0 Å². The molecule has 5 unspecified atom stereocenters. The van der Waals surface area contributed by atoms with Crippen LogP contribution in [0, 0.1) is 0 Å². The first kappa shape index (κ1) is 39.4. The molecular formula is C29H47ClN6O9P2. The summed E-state index contributed by atoms with van der Waals surface area (Å²) in [5.41, 5.74) is 0.257. The van der Waals surface area contributed by atoms with Gasteiger partial charge < -0.3 is 34.9 Å². The summed E-state index contributed by atoms with van der Waals surface area (Å²) in [6.07, 6.45) is 16.7. The Morgan fingerprint density at radius 1 is 0.979 bits per heavy atom. The number of aromatic nitrogens is 4. The molecule has 1 aliphatic rings. The fourth-order valence-electron chi connectivity index (χ4n) is 5.11. The van der Waals surface area contributed by atoms with E-state index in [-0.39, 0.29) is 34.6 Å². The second kappa shape index (κ2) is 19.2. The quantitative estimate of drug-likeness (QED) is 0.0400. The second-order valence-electron chi connectivity index (χ2n) is 11.6. The smallest absolute Gasteiger partial charge is 0.336 e. The maximum absolute atomic E-state index is 12.7. The number of aliphatic hydroxyl groups is 2. The molecule has 47 heavy (non-hydrogen) atoms. The van der Waals surface area contributed by atoms with Gasteiger partial charge in [0.1, 0.15) is 24.2 Å². The molecule has 1 saturated heterocycles. The minimum absolute atomic E-state index is 0.0660. The number of amides is 1. The number of hydrogen-bond acceptors (Lipinski definition) is 9. The maximum Gasteiger partial charge on any atom is 0.336 e. The Kier molecular flexibility index (Phi) is 16.1. The van der Waals surface area contributed by atoms with E-state index in [1.54, 1.807) is 0 Å². The van der Waals surface area contributed by atoms with E-state index in [0.29, 0.717) is 6.42 Å². The van der Waals surface area contributed by atoms with Gasteiger partial charge in [0.25, 0.3) is 7.52 Å². The molecule has 0 spiro atoms. The lowest BCUT2D eigenvalue weighted by atomic mass is 10.1. The number of rotatable bonds is 21. The zero-order valence-electron chi connectivity index (χ0n) is 26.5. The van der Waals surface area contributed by atoms with Gasteiger partial charge in [0.2, 0.25) is 11.2 Å². The van der Waals surface area contributed by atoms with Gasteiger partial charge in [-0.15, -0.1) is 0 Å². The Hall–Kier alpha value is -2.03. The van der Waals surface area contributed by atoms with Crippen molar-refractivity contribution in [2.75, 3.05) is 17.8 Å². The van der Waals surface area contributed by atoms with Crippen LogP contribution in [0.15, 0.2) is 30.6 Å². The fourth-order valence-corrected chi connectivity index (χ4v) is 8.14. The summed E-state index contributed by atoms with van der Waals surface area (Å²) >= 11 is 6.13. The van der Waals surface area contributed by atoms with Crippen molar-refractivity contribution in [3.63, 3.8) is 0 Å². The number of nitrogens with one attached hydrogen (secondary N) is 2. The Balaban J connectivity index is 1.45. The van der Waals surface area contributed by atoms with Crippen LogP contribution in [0.4, 0.5) is 5.82 Å². The van der Waals surface area contributed by atoms with Gasteiger partial charge in [-0.3, -0.25) is 18.5 Å². The average molecular weight is 721 g/mol. The number of halogens is 1. The molecule has 7 N–H and O–H groups in total. The normalized spacial score (nSPS) is 21.7. The lowest BCUT2D eigenvalue weighted by Crippen LogP contribution is -2.37. The highest BCUT2D eigenvalue weighted by Crippen LogP contribution is 2.52. The molecule has 0 aliphatic carbocycles. The molecule has 3 rings (SSSR count). The lowest BCUT2D eigenvalue weighted by molar-refractivity contribution is -0.116. The Morgan fingerprint density at radius 3 is 2.32 bits per heavy atom. The number of anilines is 1. The first-order valence-electron chi connectivity index (χ1n) is 15.9. The number of carbonyl (C=O) groups excluding carboxylic acids is 1. The summed E-state index contributed by atoms with van der Waals surface area (Å²) in [6.45, 7) is 1.71. The summed E-state index contributed by atoms with van der Waals surface area (Å²) < 4.78 is 30.2. The number of fused-ring (bicyclic) bond motifs is 1. The van der Waals surface area contributed by atoms with Crippen LogP contribution in [0.2, 0.25) is 5.28 Å². The predicted molar refractivity (Wildman–Crippen MR) is 179 cm³/mol. The van der Waals surface area contributed by atoms with Crippen molar-refractivity contribution in [3.8, 4) is 0 Å². The van der Waals surface area contributed by atoms with Crippen LogP contribution in [0.25, 0.3) is 11.2 Å². The molecule has 2 aromatic rings. The molecule has 3 heterocycles. The van der Waals surface area contributed by atoms with E-state index in [4.69, 9.17) is 26.1 Å². The van der Waals surface area contributed by atoms with Crippen molar-refractivity contribution in [2.45, 2.75) is 109 Å². The van der Waals surface area contributed by atoms with Crippen molar-refractivity contribution in [2.24, 2.45) is 0 Å². The van der Waals surface area contributed by atoms with Crippen molar-refractivity contribution in [1.82, 2.24) is 24.6 Å². The van der Waals surface area contributed by atoms with Crippen LogP contribution in [0.1, 0.15) is 90.2 Å². The predicted octanol–water partition coefficient (Wildman–Crippen LogP) is 4.76. The van der Waals surface area contributed by atoms with Crippen LogP contribution in [-0.4, -0.2) is 81.1 Å². The molecule has 15 nitrogen and oxygen atoms in total. The van der Waals surface area contributed by atoms with E-state index in [1.807, 2.05) is 0 Å². The van der Waals surface area contributed by atoms with Gasteiger partial charge in [-0.25, -0.2) is 10.1 Å². The number of imidazole rings is 1. The molecule has 18 heteroatoms. The Labute approximate surface area is 279 Å². The van der Waals surface area contributed by atoms with Gasteiger partial charge in [0, 0.05) is 13.0 Å². The number of nitrogens with zero attached hydrogens (tertiary/aromatic N) is 4. The van der Waals surface area contributed by atoms with Crippen molar-refractivity contribution < 1.29 is 43.6 Å². The third-order valence-corrected chi connectivity index (χ3v) is 11.4. The van der Waals surface area contributed by atoms with Gasteiger partial charge in [-0.1, -0.05) is 63.3 Å². The van der Waals surface area contributed by atoms with E-state index in [1.165, 1.54) is 30.2 Å². The second-order valence-corrected chi connectivity index (χ2v) is 16.1. The van der Waals surface area contributed by atoms with Crippen molar-refractivity contribution in [1.29, 1.82) is 0 Å². The van der Waals surface area contributed by atoms with E-state index in [0.717, 1.165) is 44.9 Å². The van der Waals surface area contributed by atoms with Gasteiger partial charge in [0.05, 0.1) is 6.33 Å². The largest absolute Gasteiger partial charge is 0.387 e. The fraction of sp³-hybridized carbons (Fsp3) is 0.655. The number of allylic oxidation sites excluding steroid dienone is 4. The van der Waals surface area contributed by atoms with Gasteiger partial charge in [-0.05, 0) is 50.1 Å². The molecular weight excluding hydrogens is 674 g/mol. The minimum atomic E-state index is -4.80. The molecule has 0 aromatic carbocycles. The molecule has 264 valence electrons. The molecule has 0 radical (unpaired) electrons. The topological polar surface area (TPSA) is 229 Å². The lowest BCUT2D eigenvalue weighted by Gasteiger charge is -2.19. The van der Waals surface area contributed by atoms with Crippen LogP contribution >= 0.6 is 26.7 Å². The Morgan fingerprint density at radius 2 is 1.64 bits per heavy atom. The molecule has 5 atom stereocenters. The SMILES string of the molecule is CCCCC/C=C\C/C=C\CCCCCCCC(=O)Nc1nc(Cl)nc2c1ncn2C1OC(CNP(=O)(O)CP(=O)(O)O)C(O)C1O. The molecule has 0 saturated carbocycles. The zero-order valence-corrected chi connectivity index (χ0v) is 29.1. The molecule has 1 aliphatic heterocycles. The summed E-state index contributed by atoms with van der Waals surface area (Å²) in [5, 5.41) is 25.8. The number of carbonyl (C=O) groups is 1. The summed E-state index contributed by atoms with van der Waals surface area (Å²) in [4.78, 5) is 53.0. The molecule has 1 fully saturated rings. The molecule has 0 bridgehead atoms.